The molecule has 7 nitrogen and oxygen atoms in total. The molecule has 1 unspecified atom stereocenters. The SMILES string of the molecule is CC(C)C(CN)c1nc(-c2ncn[nH]2)no1. The quantitative estimate of drug-likeness (QED) is 0.782. The van der Waals surface area contributed by atoms with Crippen molar-refractivity contribution < 1.29 is 4.52 Å². The minimum Gasteiger partial charge on any atom is -0.338 e. The van der Waals surface area contributed by atoms with Gasteiger partial charge in [0.15, 0.2) is 5.82 Å². The highest BCUT2D eigenvalue weighted by Crippen LogP contribution is 2.22. The molecule has 2 aromatic rings. The van der Waals surface area contributed by atoms with Gasteiger partial charge in [-0.15, -0.1) is 0 Å². The third-order valence-corrected chi connectivity index (χ3v) is 2.44. The molecule has 0 aliphatic carbocycles. The molecular weight excluding hydrogens is 208 g/mol. The van der Waals surface area contributed by atoms with Crippen molar-refractivity contribution in [1.82, 2.24) is 25.3 Å². The van der Waals surface area contributed by atoms with Gasteiger partial charge in [-0.3, -0.25) is 5.10 Å². The maximum absolute atomic E-state index is 5.67. The molecule has 2 rings (SSSR count). The first-order chi connectivity index (χ1) is 7.72. The fraction of sp³-hybridized carbons (Fsp3) is 0.556. The van der Waals surface area contributed by atoms with Crippen molar-refractivity contribution in [3.05, 3.63) is 12.2 Å². The molecule has 0 aliphatic heterocycles. The van der Waals surface area contributed by atoms with E-state index in [-0.39, 0.29) is 5.92 Å². The number of nitrogens with two attached hydrogens (primary N) is 1. The van der Waals surface area contributed by atoms with Crippen molar-refractivity contribution in [3.63, 3.8) is 0 Å². The molecule has 7 heteroatoms. The normalized spacial score (nSPS) is 13.2. The molecule has 3 N–H and O–H groups in total. The van der Waals surface area contributed by atoms with Gasteiger partial charge in [0, 0.05) is 6.54 Å². The molecule has 0 aromatic carbocycles. The molecule has 86 valence electrons. The van der Waals surface area contributed by atoms with E-state index in [4.69, 9.17) is 10.3 Å². The first-order valence-electron chi connectivity index (χ1n) is 5.11. The monoisotopic (exact) mass is 222 g/mol. The Morgan fingerprint density at radius 2 is 2.31 bits per heavy atom. The summed E-state index contributed by atoms with van der Waals surface area (Å²) in [6.07, 6.45) is 1.40. The summed E-state index contributed by atoms with van der Waals surface area (Å²) in [5.74, 6) is 1.88. The van der Waals surface area contributed by atoms with Gasteiger partial charge in [-0.2, -0.15) is 10.1 Å². The van der Waals surface area contributed by atoms with Crippen LogP contribution < -0.4 is 5.73 Å². The Bertz CT molecular complexity index is 435. The van der Waals surface area contributed by atoms with Gasteiger partial charge in [0.2, 0.25) is 11.7 Å². The summed E-state index contributed by atoms with van der Waals surface area (Å²) in [6.45, 7) is 4.61. The molecule has 0 spiro atoms. The molecular formula is C9H14N6O. The first-order valence-corrected chi connectivity index (χ1v) is 5.11. The van der Waals surface area contributed by atoms with E-state index in [2.05, 4.69) is 39.2 Å². The highest BCUT2D eigenvalue weighted by Gasteiger charge is 2.22. The van der Waals surface area contributed by atoms with Gasteiger partial charge in [-0.1, -0.05) is 19.0 Å². The van der Waals surface area contributed by atoms with Crippen LogP contribution in [0.5, 0.6) is 0 Å². The predicted octanol–water partition coefficient (Wildman–Crippen LogP) is 0.553. The second kappa shape index (κ2) is 4.40. The predicted molar refractivity (Wildman–Crippen MR) is 56.3 cm³/mol. The van der Waals surface area contributed by atoms with E-state index in [1.807, 2.05) is 0 Å². The second-order valence-electron chi connectivity index (χ2n) is 3.88. The molecule has 0 aliphatic rings. The molecule has 2 heterocycles. The van der Waals surface area contributed by atoms with E-state index in [0.29, 0.717) is 30.0 Å². The van der Waals surface area contributed by atoms with E-state index in [1.165, 1.54) is 6.33 Å². The van der Waals surface area contributed by atoms with Crippen LogP contribution in [0.15, 0.2) is 10.9 Å². The number of rotatable bonds is 4. The first kappa shape index (κ1) is 10.7. The zero-order chi connectivity index (χ0) is 11.5. The van der Waals surface area contributed by atoms with Crippen molar-refractivity contribution in [2.75, 3.05) is 6.54 Å². The van der Waals surface area contributed by atoms with Crippen molar-refractivity contribution >= 4 is 0 Å². The van der Waals surface area contributed by atoms with Crippen LogP contribution >= 0.6 is 0 Å². The number of nitrogens with zero attached hydrogens (tertiary/aromatic N) is 4. The Hall–Kier alpha value is -1.76. The maximum Gasteiger partial charge on any atom is 0.239 e. The van der Waals surface area contributed by atoms with Crippen LogP contribution in [0, 0.1) is 5.92 Å². The minimum absolute atomic E-state index is 0.0733. The average Bonchev–Trinajstić information content (AvgIpc) is 2.86. The molecule has 2 aromatic heterocycles. The van der Waals surface area contributed by atoms with Crippen LogP contribution in [0.3, 0.4) is 0 Å². The second-order valence-corrected chi connectivity index (χ2v) is 3.88. The Morgan fingerprint density at radius 3 is 2.88 bits per heavy atom. The lowest BCUT2D eigenvalue weighted by atomic mass is 9.96. The zero-order valence-electron chi connectivity index (χ0n) is 9.21. The van der Waals surface area contributed by atoms with Crippen LogP contribution in [0.25, 0.3) is 11.6 Å². The van der Waals surface area contributed by atoms with E-state index < -0.39 is 0 Å². The van der Waals surface area contributed by atoms with Gasteiger partial charge >= 0.3 is 0 Å². The number of hydrogen-bond acceptors (Lipinski definition) is 6. The van der Waals surface area contributed by atoms with Crippen molar-refractivity contribution in [2.45, 2.75) is 19.8 Å². The summed E-state index contributed by atoms with van der Waals surface area (Å²) in [5, 5.41) is 10.2. The number of nitrogens with one attached hydrogen (secondary N) is 1. The topological polar surface area (TPSA) is 107 Å². The zero-order valence-corrected chi connectivity index (χ0v) is 9.21. The Labute approximate surface area is 92.5 Å². The molecule has 16 heavy (non-hydrogen) atoms. The Morgan fingerprint density at radius 1 is 1.50 bits per heavy atom. The molecule has 0 amide bonds. The van der Waals surface area contributed by atoms with E-state index in [1.54, 1.807) is 0 Å². The lowest BCUT2D eigenvalue weighted by molar-refractivity contribution is 0.324. The lowest BCUT2D eigenvalue weighted by Gasteiger charge is -2.12. The van der Waals surface area contributed by atoms with E-state index in [9.17, 15) is 0 Å². The van der Waals surface area contributed by atoms with Gasteiger partial charge in [0.1, 0.15) is 6.33 Å². The van der Waals surface area contributed by atoms with Gasteiger partial charge in [-0.25, -0.2) is 4.98 Å². The Balaban J connectivity index is 2.25. The minimum atomic E-state index is 0.0733. The summed E-state index contributed by atoms with van der Waals surface area (Å²) >= 11 is 0. The molecule has 0 fully saturated rings. The van der Waals surface area contributed by atoms with Gasteiger partial charge in [0.25, 0.3) is 0 Å². The van der Waals surface area contributed by atoms with Crippen LogP contribution in [0.1, 0.15) is 25.7 Å². The summed E-state index contributed by atoms with van der Waals surface area (Å²) in [6, 6.07) is 0. The summed E-state index contributed by atoms with van der Waals surface area (Å²) < 4.78 is 5.17. The van der Waals surface area contributed by atoms with Gasteiger partial charge in [0.05, 0.1) is 5.92 Å². The largest absolute Gasteiger partial charge is 0.338 e. The van der Waals surface area contributed by atoms with Crippen molar-refractivity contribution in [3.8, 4) is 11.6 Å². The average molecular weight is 222 g/mol. The maximum atomic E-state index is 5.67. The van der Waals surface area contributed by atoms with Crippen LogP contribution in [0.4, 0.5) is 0 Å². The number of hydrogen-bond donors (Lipinski definition) is 2. The fourth-order valence-corrected chi connectivity index (χ4v) is 1.45. The molecule has 0 saturated carbocycles. The molecule has 0 bridgehead atoms. The van der Waals surface area contributed by atoms with E-state index in [0.717, 1.165) is 0 Å². The summed E-state index contributed by atoms with van der Waals surface area (Å²) in [5.41, 5.74) is 5.67. The third-order valence-electron chi connectivity index (χ3n) is 2.44. The van der Waals surface area contributed by atoms with Crippen LogP contribution in [0.2, 0.25) is 0 Å². The smallest absolute Gasteiger partial charge is 0.239 e. The van der Waals surface area contributed by atoms with Crippen LogP contribution in [-0.4, -0.2) is 31.9 Å². The number of aromatic nitrogens is 5. The molecule has 0 saturated heterocycles. The van der Waals surface area contributed by atoms with Crippen LogP contribution in [-0.2, 0) is 0 Å². The molecule has 0 radical (unpaired) electrons. The third kappa shape index (κ3) is 1.94. The van der Waals surface area contributed by atoms with Gasteiger partial charge < -0.3 is 10.3 Å². The van der Waals surface area contributed by atoms with Crippen molar-refractivity contribution in [1.29, 1.82) is 0 Å². The highest BCUT2D eigenvalue weighted by molar-refractivity contribution is 5.39. The lowest BCUT2D eigenvalue weighted by Crippen LogP contribution is -2.18. The summed E-state index contributed by atoms with van der Waals surface area (Å²) in [4.78, 5) is 8.20. The number of aromatic amines is 1. The fourth-order valence-electron chi connectivity index (χ4n) is 1.45. The van der Waals surface area contributed by atoms with Gasteiger partial charge in [-0.05, 0) is 5.92 Å². The summed E-state index contributed by atoms with van der Waals surface area (Å²) in [7, 11) is 0. The molecule has 1 atom stereocenters. The standard InChI is InChI=1S/C9H14N6O/c1-5(2)6(3-10)9-13-8(15-16-9)7-11-4-12-14-7/h4-6H,3,10H2,1-2H3,(H,11,12,14). The Kier molecular flexibility index (Phi) is 2.95. The van der Waals surface area contributed by atoms with Crippen molar-refractivity contribution in [2.24, 2.45) is 11.7 Å². The number of H-pyrrole nitrogens is 1. The van der Waals surface area contributed by atoms with E-state index >= 15 is 0 Å². The highest BCUT2D eigenvalue weighted by atomic mass is 16.5.